The third-order valence-electron chi connectivity index (χ3n) is 4.65. The van der Waals surface area contributed by atoms with Crippen LogP contribution in [0.2, 0.25) is 0 Å². The van der Waals surface area contributed by atoms with Crippen LogP contribution in [0.25, 0.3) is 10.1 Å². The minimum absolute atomic E-state index is 0.140. The molecule has 1 aliphatic rings. The number of carbonyl (C=O) groups excluding carboxylic acids is 2. The van der Waals surface area contributed by atoms with Crippen molar-refractivity contribution in [2.24, 2.45) is 0 Å². The number of rotatable bonds is 2. The Morgan fingerprint density at radius 3 is 2.69 bits per heavy atom. The Bertz CT molecular complexity index is 1090. The van der Waals surface area contributed by atoms with E-state index in [9.17, 15) is 9.59 Å². The average molecular weight is 430 g/mol. The number of amides is 2. The molecule has 4 rings (SSSR count). The molecule has 6 nitrogen and oxygen atoms in total. The maximum Gasteiger partial charge on any atom is 0.410 e. The Kier molecular flexibility index (Phi) is 5.08. The van der Waals surface area contributed by atoms with Gasteiger partial charge in [0.1, 0.15) is 5.60 Å². The molecular weight excluding hydrogens is 406 g/mol. The predicted octanol–water partition coefficient (Wildman–Crippen LogP) is 5.21. The van der Waals surface area contributed by atoms with Crippen LogP contribution in [0.1, 0.15) is 46.6 Å². The molecule has 0 fully saturated rings. The van der Waals surface area contributed by atoms with Gasteiger partial charge in [0.15, 0.2) is 5.13 Å². The molecule has 1 aliphatic heterocycles. The van der Waals surface area contributed by atoms with Crippen molar-refractivity contribution in [1.29, 1.82) is 0 Å². The summed E-state index contributed by atoms with van der Waals surface area (Å²) in [6.45, 7) is 8.57. The number of thiazole rings is 1. The van der Waals surface area contributed by atoms with E-state index >= 15 is 0 Å². The largest absolute Gasteiger partial charge is 0.444 e. The topological polar surface area (TPSA) is 71.5 Å². The van der Waals surface area contributed by atoms with Gasteiger partial charge in [0.25, 0.3) is 5.91 Å². The summed E-state index contributed by atoms with van der Waals surface area (Å²) in [6, 6.07) is 8.02. The summed E-state index contributed by atoms with van der Waals surface area (Å²) in [5.41, 5.74) is 1.41. The fraction of sp³-hybridized carbons (Fsp3) is 0.381. The molecule has 0 saturated carbocycles. The van der Waals surface area contributed by atoms with Crippen LogP contribution in [0, 0.1) is 6.92 Å². The van der Waals surface area contributed by atoms with E-state index < -0.39 is 5.60 Å². The Balaban J connectivity index is 1.48. The molecule has 1 N–H and O–H groups in total. The summed E-state index contributed by atoms with van der Waals surface area (Å²) in [5, 5.41) is 4.62. The number of aryl methyl sites for hydroxylation is 1. The lowest BCUT2D eigenvalue weighted by atomic mass is 10.1. The molecule has 2 amide bonds. The highest BCUT2D eigenvalue weighted by Gasteiger charge is 2.28. The molecular formula is C21H23N3O3S2. The van der Waals surface area contributed by atoms with Crippen molar-refractivity contribution in [2.45, 2.75) is 46.3 Å². The third kappa shape index (κ3) is 4.13. The van der Waals surface area contributed by atoms with Gasteiger partial charge in [0.05, 0.1) is 17.1 Å². The fourth-order valence-electron chi connectivity index (χ4n) is 3.28. The SMILES string of the molecule is Cc1c(C(=O)Nc2nc3c(s2)CN(C(=O)OC(C)(C)C)CC3)sc2ccccc12. The molecule has 0 saturated heterocycles. The lowest BCUT2D eigenvalue weighted by Crippen LogP contribution is -2.39. The molecule has 0 bridgehead atoms. The number of nitrogens with zero attached hydrogens (tertiary/aromatic N) is 2. The minimum Gasteiger partial charge on any atom is -0.444 e. The molecule has 1 aromatic carbocycles. The summed E-state index contributed by atoms with van der Waals surface area (Å²) >= 11 is 2.91. The summed E-state index contributed by atoms with van der Waals surface area (Å²) in [4.78, 5) is 33.1. The number of benzene rings is 1. The maximum absolute atomic E-state index is 12.8. The lowest BCUT2D eigenvalue weighted by Gasteiger charge is -2.29. The normalized spacial score (nSPS) is 14.0. The number of hydrogen-bond acceptors (Lipinski definition) is 6. The molecule has 3 heterocycles. The second-order valence-electron chi connectivity index (χ2n) is 8.05. The first kappa shape index (κ1) is 19.8. The molecule has 0 radical (unpaired) electrons. The van der Waals surface area contributed by atoms with E-state index in [2.05, 4.69) is 10.3 Å². The Hall–Kier alpha value is -2.45. The molecule has 2 aromatic heterocycles. The summed E-state index contributed by atoms with van der Waals surface area (Å²) in [7, 11) is 0. The zero-order valence-electron chi connectivity index (χ0n) is 16.9. The van der Waals surface area contributed by atoms with E-state index in [0.717, 1.165) is 26.2 Å². The van der Waals surface area contributed by atoms with Gasteiger partial charge in [0, 0.05) is 22.5 Å². The minimum atomic E-state index is -0.522. The highest BCUT2D eigenvalue weighted by molar-refractivity contribution is 7.21. The highest BCUT2D eigenvalue weighted by Crippen LogP contribution is 2.33. The van der Waals surface area contributed by atoms with Crippen LogP contribution in [0.5, 0.6) is 0 Å². The fourth-order valence-corrected chi connectivity index (χ4v) is 5.40. The monoisotopic (exact) mass is 429 g/mol. The van der Waals surface area contributed by atoms with Gasteiger partial charge in [-0.3, -0.25) is 10.1 Å². The van der Waals surface area contributed by atoms with Gasteiger partial charge in [-0.25, -0.2) is 9.78 Å². The number of aromatic nitrogens is 1. The van der Waals surface area contributed by atoms with Gasteiger partial charge < -0.3 is 9.64 Å². The van der Waals surface area contributed by atoms with E-state index in [0.29, 0.717) is 29.5 Å². The van der Waals surface area contributed by atoms with Gasteiger partial charge in [-0.2, -0.15) is 0 Å². The highest BCUT2D eigenvalue weighted by atomic mass is 32.1. The quantitative estimate of drug-likeness (QED) is 0.607. The Morgan fingerprint density at radius 1 is 1.21 bits per heavy atom. The van der Waals surface area contributed by atoms with Crippen LogP contribution >= 0.6 is 22.7 Å². The Morgan fingerprint density at radius 2 is 1.97 bits per heavy atom. The number of hydrogen-bond donors (Lipinski definition) is 1. The first-order valence-corrected chi connectivity index (χ1v) is 11.1. The van der Waals surface area contributed by atoms with Gasteiger partial charge in [-0.1, -0.05) is 29.5 Å². The third-order valence-corrected chi connectivity index (χ3v) is 6.92. The summed E-state index contributed by atoms with van der Waals surface area (Å²) in [6.07, 6.45) is 0.339. The van der Waals surface area contributed by atoms with Crippen LogP contribution in [-0.4, -0.2) is 34.0 Å². The number of carbonyl (C=O) groups is 2. The van der Waals surface area contributed by atoms with E-state index in [1.807, 2.05) is 52.0 Å². The smallest absolute Gasteiger partial charge is 0.410 e. The Labute approximate surface area is 177 Å². The maximum atomic E-state index is 12.8. The van der Waals surface area contributed by atoms with Gasteiger partial charge >= 0.3 is 6.09 Å². The van der Waals surface area contributed by atoms with Gasteiger partial charge in [-0.15, -0.1) is 11.3 Å². The molecule has 152 valence electrons. The summed E-state index contributed by atoms with van der Waals surface area (Å²) < 4.78 is 6.56. The van der Waals surface area contributed by atoms with Crippen LogP contribution in [-0.2, 0) is 17.7 Å². The lowest BCUT2D eigenvalue weighted by molar-refractivity contribution is 0.0225. The van der Waals surface area contributed by atoms with Gasteiger partial charge in [0.2, 0.25) is 0 Å². The van der Waals surface area contributed by atoms with E-state index in [1.165, 1.54) is 22.7 Å². The van der Waals surface area contributed by atoms with E-state index in [1.54, 1.807) is 4.90 Å². The predicted molar refractivity (Wildman–Crippen MR) is 117 cm³/mol. The second-order valence-corrected chi connectivity index (χ2v) is 10.2. The van der Waals surface area contributed by atoms with Crippen molar-refractivity contribution in [2.75, 3.05) is 11.9 Å². The zero-order chi connectivity index (χ0) is 20.8. The van der Waals surface area contributed by atoms with Crippen molar-refractivity contribution < 1.29 is 14.3 Å². The first-order valence-electron chi connectivity index (χ1n) is 9.47. The number of fused-ring (bicyclic) bond motifs is 2. The van der Waals surface area contributed by atoms with Gasteiger partial charge in [-0.05, 0) is 44.7 Å². The number of ether oxygens (including phenoxy) is 1. The molecule has 0 atom stereocenters. The van der Waals surface area contributed by atoms with Crippen molar-refractivity contribution in [3.8, 4) is 0 Å². The second kappa shape index (κ2) is 7.42. The standard InChI is InChI=1S/C21H23N3O3S2/c1-12-13-7-5-6-8-15(13)28-17(12)18(25)23-19-22-14-9-10-24(11-16(14)29-19)20(26)27-21(2,3)4/h5-8H,9-11H2,1-4H3,(H,22,23,25). The van der Waals surface area contributed by atoms with Crippen LogP contribution in [0.3, 0.4) is 0 Å². The van der Waals surface area contributed by atoms with E-state index in [4.69, 9.17) is 4.74 Å². The van der Waals surface area contributed by atoms with Crippen LogP contribution in [0.4, 0.5) is 9.93 Å². The van der Waals surface area contributed by atoms with Crippen molar-refractivity contribution in [1.82, 2.24) is 9.88 Å². The van der Waals surface area contributed by atoms with Crippen molar-refractivity contribution >= 4 is 49.9 Å². The van der Waals surface area contributed by atoms with E-state index in [-0.39, 0.29) is 12.0 Å². The average Bonchev–Trinajstić information content (AvgIpc) is 3.20. The number of nitrogens with one attached hydrogen (secondary N) is 1. The first-order chi connectivity index (χ1) is 13.7. The molecule has 0 spiro atoms. The van der Waals surface area contributed by atoms with Crippen LogP contribution in [0.15, 0.2) is 24.3 Å². The van der Waals surface area contributed by atoms with Crippen molar-refractivity contribution in [3.05, 3.63) is 45.3 Å². The number of anilines is 1. The molecule has 29 heavy (non-hydrogen) atoms. The number of thiophene rings is 1. The molecule has 3 aromatic rings. The molecule has 0 aliphatic carbocycles. The molecule has 0 unspecified atom stereocenters. The van der Waals surface area contributed by atoms with Crippen molar-refractivity contribution in [3.63, 3.8) is 0 Å². The zero-order valence-corrected chi connectivity index (χ0v) is 18.5. The van der Waals surface area contributed by atoms with Crippen LogP contribution < -0.4 is 5.32 Å². The molecule has 8 heteroatoms. The summed E-state index contributed by atoms with van der Waals surface area (Å²) in [5.74, 6) is -0.140.